The second-order valence-corrected chi connectivity index (χ2v) is 10.5. The Morgan fingerprint density at radius 2 is 1.03 bits per heavy atom. The van der Waals surface area contributed by atoms with E-state index in [1.165, 1.54) is 0 Å². The molecular weight excluding hydrogens is 452 g/mol. The molecule has 2 N–H and O–H groups in total. The molecule has 0 aliphatic rings. The topological polar surface area (TPSA) is 65.4 Å². The first-order valence-corrected chi connectivity index (χ1v) is 13.0. The summed E-state index contributed by atoms with van der Waals surface area (Å²) in [6.07, 6.45) is 1.10. The Balaban J connectivity index is 2.61. The first kappa shape index (κ1) is 30.1. The van der Waals surface area contributed by atoms with E-state index in [1.807, 2.05) is 62.4 Å². The number of benzene rings is 2. The van der Waals surface area contributed by atoms with E-state index in [0.29, 0.717) is 12.8 Å². The summed E-state index contributed by atoms with van der Waals surface area (Å²) in [4.78, 5) is 4.38. The molecule has 2 aromatic carbocycles. The average Bonchev–Trinajstić information content (AvgIpc) is 2.89. The van der Waals surface area contributed by atoms with Gasteiger partial charge >= 0.3 is 0 Å². The zero-order chi connectivity index (χ0) is 27.3. The van der Waals surface area contributed by atoms with Crippen molar-refractivity contribution in [3.8, 4) is 11.5 Å². The van der Waals surface area contributed by atoms with E-state index in [4.69, 9.17) is 9.47 Å². The highest BCUT2D eigenvalue weighted by Crippen LogP contribution is 2.44. The van der Waals surface area contributed by atoms with Gasteiger partial charge in [0.05, 0.1) is 25.4 Å². The monoisotopic (exact) mass is 500 g/mol. The summed E-state index contributed by atoms with van der Waals surface area (Å²) in [6, 6.07) is 15.3. The Kier molecular flexibility index (Phi) is 10.4. The molecule has 2 rings (SSSR count). The largest absolute Gasteiger partial charge is 0.497 e. The van der Waals surface area contributed by atoms with E-state index >= 15 is 0 Å². The predicted octanol–water partition coefficient (Wildman–Crippen LogP) is 4.73. The zero-order valence-corrected chi connectivity index (χ0v) is 23.9. The highest BCUT2D eigenvalue weighted by Gasteiger charge is 2.49. The first-order chi connectivity index (χ1) is 16.9. The Morgan fingerprint density at radius 3 is 1.28 bits per heavy atom. The molecule has 36 heavy (non-hydrogen) atoms. The third-order valence-corrected chi connectivity index (χ3v) is 8.29. The van der Waals surface area contributed by atoms with Crippen molar-refractivity contribution in [1.82, 2.24) is 9.80 Å². The van der Waals surface area contributed by atoms with Crippen LogP contribution in [0.5, 0.6) is 11.5 Å². The number of hydrogen-bond donors (Lipinski definition) is 2. The predicted molar refractivity (Wildman–Crippen MR) is 148 cm³/mol. The number of ether oxygens (including phenoxy) is 2. The molecule has 0 saturated heterocycles. The van der Waals surface area contributed by atoms with E-state index in [-0.39, 0.29) is 23.9 Å². The summed E-state index contributed by atoms with van der Waals surface area (Å²) in [6.45, 7) is 8.28. The molecule has 0 aliphatic carbocycles. The second-order valence-electron chi connectivity index (χ2n) is 10.5. The maximum absolute atomic E-state index is 12.2. The highest BCUT2D eigenvalue weighted by atomic mass is 16.5. The van der Waals surface area contributed by atoms with Gasteiger partial charge in [-0.1, -0.05) is 52.0 Å². The smallest absolute Gasteiger partial charge is 0.119 e. The van der Waals surface area contributed by atoms with Crippen LogP contribution in [-0.4, -0.2) is 74.5 Å². The Hall–Kier alpha value is -2.12. The van der Waals surface area contributed by atoms with Gasteiger partial charge in [-0.25, -0.2) is 0 Å². The van der Waals surface area contributed by atoms with Crippen molar-refractivity contribution in [1.29, 1.82) is 0 Å². The molecule has 0 spiro atoms. The molecule has 202 valence electrons. The summed E-state index contributed by atoms with van der Waals surface area (Å²) >= 11 is 0. The Bertz CT molecular complexity index is 888. The molecule has 0 saturated carbocycles. The van der Waals surface area contributed by atoms with E-state index in [2.05, 4.69) is 51.8 Å². The van der Waals surface area contributed by atoms with Gasteiger partial charge in [0, 0.05) is 23.9 Å². The van der Waals surface area contributed by atoms with Crippen LogP contribution in [0, 0.1) is 11.8 Å². The van der Waals surface area contributed by atoms with Crippen LogP contribution in [0.1, 0.15) is 51.7 Å². The lowest BCUT2D eigenvalue weighted by molar-refractivity contribution is -0.104. The summed E-state index contributed by atoms with van der Waals surface area (Å²) < 4.78 is 10.9. The van der Waals surface area contributed by atoms with Gasteiger partial charge in [0.2, 0.25) is 0 Å². The van der Waals surface area contributed by atoms with Crippen molar-refractivity contribution >= 4 is 0 Å². The second kappa shape index (κ2) is 12.4. The maximum atomic E-state index is 12.2. The summed E-state index contributed by atoms with van der Waals surface area (Å²) in [5.74, 6) is 1.13. The summed E-state index contributed by atoms with van der Waals surface area (Å²) in [5.41, 5.74) is -0.491. The third kappa shape index (κ3) is 5.88. The van der Waals surface area contributed by atoms with Crippen LogP contribution in [0.4, 0.5) is 0 Å². The lowest BCUT2D eigenvalue weighted by Crippen LogP contribution is -2.60. The van der Waals surface area contributed by atoms with E-state index in [9.17, 15) is 10.2 Å². The van der Waals surface area contributed by atoms with Crippen LogP contribution >= 0.6 is 0 Å². The molecule has 6 atom stereocenters. The molecule has 4 unspecified atom stereocenters. The van der Waals surface area contributed by atoms with Crippen molar-refractivity contribution in [2.24, 2.45) is 11.8 Å². The molecule has 6 heteroatoms. The normalized spacial score (nSPS) is 18.7. The van der Waals surface area contributed by atoms with Gasteiger partial charge in [0.25, 0.3) is 0 Å². The quantitative estimate of drug-likeness (QED) is 0.415. The SMILES string of the molecule is CCC(O)(c1cccc(OC)c1)C(C)C(C([C@H](C)[C@@](O)(CC)c1cccc(OC)c1)N(C)C)N(C)C. The van der Waals surface area contributed by atoms with E-state index in [1.54, 1.807) is 14.2 Å². The highest BCUT2D eigenvalue weighted by molar-refractivity contribution is 5.35. The van der Waals surface area contributed by atoms with Gasteiger partial charge in [-0.2, -0.15) is 0 Å². The van der Waals surface area contributed by atoms with Crippen LogP contribution in [0.3, 0.4) is 0 Å². The Labute approximate surface area is 218 Å². The van der Waals surface area contributed by atoms with Crippen LogP contribution in [-0.2, 0) is 11.2 Å². The fourth-order valence-corrected chi connectivity index (χ4v) is 6.02. The first-order valence-electron chi connectivity index (χ1n) is 13.0. The number of aliphatic hydroxyl groups is 2. The fourth-order valence-electron chi connectivity index (χ4n) is 6.02. The average molecular weight is 501 g/mol. The molecule has 0 fully saturated rings. The number of likely N-dealkylation sites (N-methyl/N-ethyl adjacent to an activating group) is 2. The van der Waals surface area contributed by atoms with Crippen molar-refractivity contribution < 1.29 is 19.7 Å². The molecule has 2 aromatic rings. The van der Waals surface area contributed by atoms with E-state index < -0.39 is 11.2 Å². The molecule has 0 aliphatic heterocycles. The molecule has 0 radical (unpaired) electrons. The minimum atomic E-state index is -1.09. The van der Waals surface area contributed by atoms with Crippen molar-refractivity contribution in [2.75, 3.05) is 42.4 Å². The van der Waals surface area contributed by atoms with Crippen molar-refractivity contribution in [3.05, 3.63) is 59.7 Å². The van der Waals surface area contributed by atoms with Crippen LogP contribution in [0.25, 0.3) is 0 Å². The molecular formula is C30H48N2O4. The van der Waals surface area contributed by atoms with E-state index in [0.717, 1.165) is 22.6 Å². The number of nitrogens with zero attached hydrogens (tertiary/aromatic N) is 2. The van der Waals surface area contributed by atoms with Crippen LogP contribution < -0.4 is 9.47 Å². The standard InChI is InChI=1S/C30H48N2O4/c1-11-29(33,23-15-13-17-25(19-23)35-9)21(3)27(31(5)6)28(32(7)8)22(4)30(34,12-2)24-16-14-18-26(20-24)36-10/h13-22,27-28,33-34H,11-12H2,1-10H3/t21-,22?,27?,28?,29-,30?/m0/s1. The lowest BCUT2D eigenvalue weighted by Gasteiger charge is -2.51. The van der Waals surface area contributed by atoms with Gasteiger partial charge in [-0.05, 0) is 76.4 Å². The van der Waals surface area contributed by atoms with Gasteiger partial charge in [0.1, 0.15) is 11.5 Å². The summed E-state index contributed by atoms with van der Waals surface area (Å²) in [7, 11) is 11.5. The number of hydrogen-bond acceptors (Lipinski definition) is 6. The third-order valence-electron chi connectivity index (χ3n) is 8.29. The molecule has 6 nitrogen and oxygen atoms in total. The van der Waals surface area contributed by atoms with Crippen molar-refractivity contribution in [3.63, 3.8) is 0 Å². The van der Waals surface area contributed by atoms with Crippen LogP contribution in [0.15, 0.2) is 48.5 Å². The molecule has 0 heterocycles. The van der Waals surface area contributed by atoms with Gasteiger partial charge in [-0.15, -0.1) is 0 Å². The summed E-state index contributed by atoms with van der Waals surface area (Å²) in [5, 5.41) is 24.4. The van der Waals surface area contributed by atoms with Gasteiger partial charge < -0.3 is 29.5 Å². The minimum Gasteiger partial charge on any atom is -0.497 e. The molecule has 0 aromatic heterocycles. The van der Waals surface area contributed by atoms with Crippen LogP contribution in [0.2, 0.25) is 0 Å². The fraction of sp³-hybridized carbons (Fsp3) is 0.600. The lowest BCUT2D eigenvalue weighted by atomic mass is 9.68. The van der Waals surface area contributed by atoms with Crippen molar-refractivity contribution in [2.45, 2.75) is 63.8 Å². The minimum absolute atomic E-state index is 0.0742. The Morgan fingerprint density at radius 1 is 0.694 bits per heavy atom. The zero-order valence-electron chi connectivity index (χ0n) is 23.9. The maximum Gasteiger partial charge on any atom is 0.119 e. The van der Waals surface area contributed by atoms with Gasteiger partial charge in [-0.3, -0.25) is 0 Å². The number of rotatable bonds is 13. The van der Waals surface area contributed by atoms with Gasteiger partial charge in [0.15, 0.2) is 0 Å². The molecule has 0 amide bonds. The molecule has 0 bridgehead atoms. The number of methoxy groups -OCH3 is 2.